The number of hydrogen-bond acceptors (Lipinski definition) is 2. The molecule has 0 heterocycles. The molecule has 0 aromatic rings. The zero-order chi connectivity index (χ0) is 10.7. The van der Waals surface area contributed by atoms with Gasteiger partial charge in [0.1, 0.15) is 0 Å². The van der Waals surface area contributed by atoms with Crippen molar-refractivity contribution in [2.75, 3.05) is 0 Å². The highest BCUT2D eigenvalue weighted by molar-refractivity contribution is 5.15. The van der Waals surface area contributed by atoms with Gasteiger partial charge in [-0.3, -0.25) is 0 Å². The topological polar surface area (TPSA) is 40.5 Å². The van der Waals surface area contributed by atoms with E-state index in [1.165, 1.54) is 0 Å². The zero-order valence-corrected chi connectivity index (χ0v) is 9.62. The molecule has 14 heavy (non-hydrogen) atoms. The van der Waals surface area contributed by atoms with E-state index < -0.39 is 0 Å². The predicted molar refractivity (Wildman–Crippen MR) is 55.8 cm³/mol. The highest BCUT2D eigenvalue weighted by Crippen LogP contribution is 2.68. The fraction of sp³-hybridized carbons (Fsp3) is 1.00. The van der Waals surface area contributed by atoms with Crippen molar-refractivity contribution >= 4 is 0 Å². The molecule has 82 valence electrons. The van der Waals surface area contributed by atoms with Crippen LogP contribution in [0.4, 0.5) is 0 Å². The number of rotatable bonds is 1. The van der Waals surface area contributed by atoms with Crippen molar-refractivity contribution in [2.45, 2.75) is 52.7 Å². The molecular weight excluding hydrogens is 176 g/mol. The van der Waals surface area contributed by atoms with Gasteiger partial charge in [0.05, 0.1) is 12.2 Å². The Labute approximate surface area is 86.3 Å². The van der Waals surface area contributed by atoms with Gasteiger partial charge in [-0.1, -0.05) is 20.8 Å². The smallest absolute Gasteiger partial charge is 0.0654 e. The summed E-state index contributed by atoms with van der Waals surface area (Å²) < 4.78 is 0. The predicted octanol–water partition coefficient (Wildman–Crippen LogP) is 1.80. The van der Waals surface area contributed by atoms with Crippen LogP contribution in [0, 0.1) is 22.7 Å². The van der Waals surface area contributed by atoms with Gasteiger partial charge in [-0.15, -0.1) is 0 Å². The zero-order valence-electron chi connectivity index (χ0n) is 9.62. The standard InChI is InChI=1S/C12H22O2/c1-7(13)9-8-5-6-12(4,10(9)14)11(8,2)3/h7-10,13-14H,5-6H2,1-4H3/t7?,8-,9?,10+,12-/m1/s1. The van der Waals surface area contributed by atoms with Gasteiger partial charge in [0.15, 0.2) is 0 Å². The molecule has 2 fully saturated rings. The van der Waals surface area contributed by atoms with Crippen molar-refractivity contribution in [2.24, 2.45) is 22.7 Å². The van der Waals surface area contributed by atoms with Gasteiger partial charge in [0.25, 0.3) is 0 Å². The lowest BCUT2D eigenvalue weighted by atomic mass is 9.70. The second kappa shape index (κ2) is 2.73. The van der Waals surface area contributed by atoms with E-state index in [1.54, 1.807) is 0 Å². The molecule has 0 saturated heterocycles. The molecule has 0 aromatic heterocycles. The molecular formula is C12H22O2. The van der Waals surface area contributed by atoms with Gasteiger partial charge in [-0.05, 0) is 36.5 Å². The molecule has 2 aliphatic carbocycles. The monoisotopic (exact) mass is 198 g/mol. The highest BCUT2D eigenvalue weighted by atomic mass is 16.3. The molecule has 0 amide bonds. The van der Waals surface area contributed by atoms with Crippen LogP contribution in [0.5, 0.6) is 0 Å². The molecule has 2 heteroatoms. The van der Waals surface area contributed by atoms with E-state index in [-0.39, 0.29) is 29.0 Å². The van der Waals surface area contributed by atoms with E-state index in [0.29, 0.717) is 5.92 Å². The quantitative estimate of drug-likeness (QED) is 0.674. The number of hydrogen-bond donors (Lipinski definition) is 2. The van der Waals surface area contributed by atoms with Gasteiger partial charge in [0, 0.05) is 5.92 Å². The maximum Gasteiger partial charge on any atom is 0.0654 e. The van der Waals surface area contributed by atoms with Gasteiger partial charge in [-0.2, -0.15) is 0 Å². The van der Waals surface area contributed by atoms with Crippen LogP contribution in [0.2, 0.25) is 0 Å². The highest BCUT2D eigenvalue weighted by Gasteiger charge is 2.66. The Hall–Kier alpha value is -0.0800. The molecule has 0 aromatic carbocycles. The SMILES string of the molecule is CC(O)C1[C@H]2CC[C@](C)([C@H]1O)C2(C)C. The van der Waals surface area contributed by atoms with E-state index in [2.05, 4.69) is 20.8 Å². The van der Waals surface area contributed by atoms with Crippen LogP contribution in [-0.4, -0.2) is 22.4 Å². The first-order valence-electron chi connectivity index (χ1n) is 5.68. The maximum atomic E-state index is 10.3. The van der Waals surface area contributed by atoms with Crippen molar-refractivity contribution in [3.05, 3.63) is 0 Å². The van der Waals surface area contributed by atoms with Crippen LogP contribution in [0.15, 0.2) is 0 Å². The second-order valence-corrected chi connectivity index (χ2v) is 6.05. The minimum atomic E-state index is -0.378. The lowest BCUT2D eigenvalue weighted by Gasteiger charge is -2.37. The van der Waals surface area contributed by atoms with E-state index in [0.717, 1.165) is 12.8 Å². The van der Waals surface area contributed by atoms with E-state index in [9.17, 15) is 10.2 Å². The second-order valence-electron chi connectivity index (χ2n) is 6.05. The largest absolute Gasteiger partial charge is 0.393 e. The van der Waals surface area contributed by atoms with Gasteiger partial charge in [0.2, 0.25) is 0 Å². The fourth-order valence-corrected chi connectivity index (χ4v) is 4.01. The van der Waals surface area contributed by atoms with Crippen LogP contribution < -0.4 is 0 Å². The Morgan fingerprint density at radius 3 is 2.14 bits per heavy atom. The molecule has 2 aliphatic rings. The molecule has 0 aliphatic heterocycles. The molecule has 5 atom stereocenters. The summed E-state index contributed by atoms with van der Waals surface area (Å²) in [5.74, 6) is 0.575. The molecule has 2 saturated carbocycles. The summed E-state index contributed by atoms with van der Waals surface area (Å²) in [6.45, 7) is 8.49. The third kappa shape index (κ3) is 0.938. The third-order valence-electron chi connectivity index (χ3n) is 5.41. The first kappa shape index (κ1) is 10.4. The number of aliphatic hydroxyl groups excluding tert-OH is 2. The summed E-state index contributed by atoms with van der Waals surface area (Å²) >= 11 is 0. The van der Waals surface area contributed by atoms with Gasteiger partial charge in [-0.25, -0.2) is 0 Å². The Morgan fingerprint density at radius 1 is 1.29 bits per heavy atom. The Bertz CT molecular complexity index is 247. The Kier molecular flexibility index (Phi) is 2.04. The fourth-order valence-electron chi connectivity index (χ4n) is 4.01. The normalized spacial score (nSPS) is 52.3. The minimum absolute atomic E-state index is 0.0132. The van der Waals surface area contributed by atoms with Crippen molar-refractivity contribution in [1.82, 2.24) is 0 Å². The summed E-state index contributed by atoms with van der Waals surface area (Å²) in [6.07, 6.45) is 1.57. The van der Waals surface area contributed by atoms with Gasteiger partial charge < -0.3 is 10.2 Å². The van der Waals surface area contributed by atoms with E-state index >= 15 is 0 Å². The Balaban J connectivity index is 2.39. The average molecular weight is 198 g/mol. The Morgan fingerprint density at radius 2 is 1.86 bits per heavy atom. The molecule has 0 radical (unpaired) electrons. The first-order chi connectivity index (χ1) is 6.32. The summed E-state index contributed by atoms with van der Waals surface area (Å²) in [6, 6.07) is 0. The van der Waals surface area contributed by atoms with Crippen molar-refractivity contribution in [1.29, 1.82) is 0 Å². The lowest BCUT2D eigenvalue weighted by molar-refractivity contribution is -0.0452. The number of aliphatic hydroxyl groups is 2. The summed E-state index contributed by atoms with van der Waals surface area (Å²) in [5, 5.41) is 20.0. The molecule has 2 rings (SSSR count). The van der Waals surface area contributed by atoms with Crippen molar-refractivity contribution < 1.29 is 10.2 Å². The molecule has 0 spiro atoms. The van der Waals surface area contributed by atoms with Crippen LogP contribution in [-0.2, 0) is 0 Å². The summed E-state index contributed by atoms with van der Waals surface area (Å²) in [5.41, 5.74) is 0.188. The van der Waals surface area contributed by atoms with Crippen LogP contribution >= 0.6 is 0 Å². The van der Waals surface area contributed by atoms with Crippen molar-refractivity contribution in [3.63, 3.8) is 0 Å². The molecule has 2 bridgehead atoms. The van der Waals surface area contributed by atoms with Crippen LogP contribution in [0.25, 0.3) is 0 Å². The van der Waals surface area contributed by atoms with E-state index in [1.807, 2.05) is 6.92 Å². The van der Waals surface area contributed by atoms with Crippen LogP contribution in [0.3, 0.4) is 0 Å². The van der Waals surface area contributed by atoms with E-state index in [4.69, 9.17) is 0 Å². The van der Waals surface area contributed by atoms with Gasteiger partial charge >= 0.3 is 0 Å². The summed E-state index contributed by atoms with van der Waals surface area (Å²) in [7, 11) is 0. The van der Waals surface area contributed by atoms with Crippen LogP contribution in [0.1, 0.15) is 40.5 Å². The molecule has 2 N–H and O–H groups in total. The first-order valence-corrected chi connectivity index (χ1v) is 5.68. The lowest BCUT2D eigenvalue weighted by Crippen LogP contribution is -2.40. The third-order valence-corrected chi connectivity index (χ3v) is 5.41. The summed E-state index contributed by atoms with van der Waals surface area (Å²) in [4.78, 5) is 0. The molecule has 2 unspecified atom stereocenters. The molecule has 2 nitrogen and oxygen atoms in total. The average Bonchev–Trinajstić information content (AvgIpc) is 2.35. The number of fused-ring (bicyclic) bond motifs is 2. The van der Waals surface area contributed by atoms with Crippen molar-refractivity contribution in [3.8, 4) is 0 Å². The minimum Gasteiger partial charge on any atom is -0.393 e. The maximum absolute atomic E-state index is 10.3.